The molecule has 9 heteroatoms. The van der Waals surface area contributed by atoms with E-state index in [0.717, 1.165) is 5.69 Å². The van der Waals surface area contributed by atoms with Crippen LogP contribution in [0, 0.1) is 0 Å². The lowest BCUT2D eigenvalue weighted by atomic mass is 10.2. The number of hydrogen-bond donors (Lipinski definition) is 1. The van der Waals surface area contributed by atoms with Gasteiger partial charge in [-0.2, -0.15) is 4.68 Å². The first-order valence-electron chi connectivity index (χ1n) is 8.66. The second-order valence-corrected chi connectivity index (χ2v) is 5.64. The van der Waals surface area contributed by atoms with E-state index in [-0.39, 0.29) is 19.1 Å². The van der Waals surface area contributed by atoms with Gasteiger partial charge in [-0.05, 0) is 53.7 Å². The van der Waals surface area contributed by atoms with Gasteiger partial charge >= 0.3 is 5.97 Å². The van der Waals surface area contributed by atoms with Gasteiger partial charge in [-0.25, -0.2) is 0 Å². The van der Waals surface area contributed by atoms with Crippen molar-refractivity contribution in [2.24, 2.45) is 0 Å². The molecule has 0 saturated heterocycles. The largest absolute Gasteiger partial charge is 0.494 e. The third kappa shape index (κ3) is 4.91. The molecule has 28 heavy (non-hydrogen) atoms. The predicted octanol–water partition coefficient (Wildman–Crippen LogP) is 1.53. The molecule has 0 fully saturated rings. The molecule has 0 atom stereocenters. The minimum absolute atomic E-state index is 0.111. The van der Waals surface area contributed by atoms with E-state index in [1.54, 1.807) is 24.3 Å². The van der Waals surface area contributed by atoms with Crippen LogP contribution in [-0.4, -0.2) is 45.2 Å². The standard InChI is InChI=1S/C19H19N5O4/c1-2-27-16-10-8-14(9-11-16)19(26)20-12-18(25)28-13-17-21-22-23-24(17)15-6-4-3-5-7-15/h3-11H,2,12-13H2,1H3,(H,20,26). The molecule has 1 aromatic heterocycles. The number of carbonyl (C=O) groups is 2. The van der Waals surface area contributed by atoms with Crippen LogP contribution in [0.2, 0.25) is 0 Å². The van der Waals surface area contributed by atoms with Crippen molar-refractivity contribution in [2.75, 3.05) is 13.2 Å². The first-order chi connectivity index (χ1) is 13.7. The highest BCUT2D eigenvalue weighted by atomic mass is 16.5. The first-order valence-corrected chi connectivity index (χ1v) is 8.66. The van der Waals surface area contributed by atoms with Crippen LogP contribution in [0.5, 0.6) is 5.75 Å². The number of rotatable bonds is 8. The molecule has 0 aliphatic heterocycles. The highest BCUT2D eigenvalue weighted by Crippen LogP contribution is 2.12. The Morgan fingerprint density at radius 1 is 1.07 bits per heavy atom. The molecule has 0 saturated carbocycles. The molecule has 1 heterocycles. The molecule has 9 nitrogen and oxygen atoms in total. The van der Waals surface area contributed by atoms with Crippen LogP contribution in [0.15, 0.2) is 54.6 Å². The molecular formula is C19H19N5O4. The average molecular weight is 381 g/mol. The fraction of sp³-hybridized carbons (Fsp3) is 0.211. The van der Waals surface area contributed by atoms with Gasteiger partial charge in [-0.3, -0.25) is 9.59 Å². The second kappa shape index (κ2) is 9.26. The molecule has 1 N–H and O–H groups in total. The van der Waals surface area contributed by atoms with Crippen molar-refractivity contribution < 1.29 is 19.1 Å². The Hall–Kier alpha value is -3.75. The number of aromatic nitrogens is 4. The van der Waals surface area contributed by atoms with Gasteiger partial charge in [-0.15, -0.1) is 5.10 Å². The number of nitrogens with zero attached hydrogens (tertiary/aromatic N) is 4. The lowest BCUT2D eigenvalue weighted by Crippen LogP contribution is -2.30. The third-order valence-corrected chi connectivity index (χ3v) is 3.72. The summed E-state index contributed by atoms with van der Waals surface area (Å²) in [5.74, 6) is 0.0722. The lowest BCUT2D eigenvalue weighted by molar-refractivity contribution is -0.143. The molecule has 0 bridgehead atoms. The van der Waals surface area contributed by atoms with Gasteiger partial charge in [0.25, 0.3) is 5.91 Å². The van der Waals surface area contributed by atoms with Crippen LogP contribution < -0.4 is 10.1 Å². The number of ether oxygens (including phenoxy) is 2. The van der Waals surface area contributed by atoms with E-state index in [1.165, 1.54) is 4.68 Å². The van der Waals surface area contributed by atoms with E-state index in [9.17, 15) is 9.59 Å². The third-order valence-electron chi connectivity index (χ3n) is 3.72. The van der Waals surface area contributed by atoms with Crippen molar-refractivity contribution in [3.05, 3.63) is 66.0 Å². The summed E-state index contributed by atoms with van der Waals surface area (Å²) in [5.41, 5.74) is 1.17. The molecule has 0 spiro atoms. The van der Waals surface area contributed by atoms with Gasteiger partial charge in [0.1, 0.15) is 12.3 Å². The van der Waals surface area contributed by atoms with Gasteiger partial charge in [-0.1, -0.05) is 18.2 Å². The Kier molecular flexibility index (Phi) is 6.29. The summed E-state index contributed by atoms with van der Waals surface area (Å²) < 4.78 is 12.0. The zero-order chi connectivity index (χ0) is 19.8. The van der Waals surface area contributed by atoms with E-state index in [4.69, 9.17) is 9.47 Å². The van der Waals surface area contributed by atoms with Gasteiger partial charge in [0.05, 0.1) is 12.3 Å². The zero-order valence-electron chi connectivity index (χ0n) is 15.2. The number of nitrogens with one attached hydrogen (secondary N) is 1. The summed E-state index contributed by atoms with van der Waals surface area (Å²) in [5, 5.41) is 13.9. The molecule has 0 radical (unpaired) electrons. The van der Waals surface area contributed by atoms with Gasteiger partial charge in [0, 0.05) is 5.56 Å². The van der Waals surface area contributed by atoms with Crippen molar-refractivity contribution in [3.8, 4) is 11.4 Å². The summed E-state index contributed by atoms with van der Waals surface area (Å²) in [6, 6.07) is 15.9. The highest BCUT2D eigenvalue weighted by Gasteiger charge is 2.13. The highest BCUT2D eigenvalue weighted by molar-refractivity contribution is 5.96. The summed E-state index contributed by atoms with van der Waals surface area (Å²) in [7, 11) is 0. The summed E-state index contributed by atoms with van der Waals surface area (Å²) in [4.78, 5) is 24.0. The Morgan fingerprint density at radius 3 is 2.54 bits per heavy atom. The molecule has 1 amide bonds. The maximum atomic E-state index is 12.1. The monoisotopic (exact) mass is 381 g/mol. The fourth-order valence-corrected chi connectivity index (χ4v) is 2.39. The Labute approximate surface area is 161 Å². The number of amides is 1. The van der Waals surface area contributed by atoms with Crippen LogP contribution in [-0.2, 0) is 16.1 Å². The van der Waals surface area contributed by atoms with Crippen LogP contribution in [0.4, 0.5) is 0 Å². The molecule has 0 aliphatic rings. The van der Waals surface area contributed by atoms with E-state index < -0.39 is 5.97 Å². The average Bonchev–Trinajstić information content (AvgIpc) is 3.20. The predicted molar refractivity (Wildman–Crippen MR) is 98.9 cm³/mol. The van der Waals surface area contributed by atoms with Crippen molar-refractivity contribution >= 4 is 11.9 Å². The Morgan fingerprint density at radius 2 is 1.82 bits per heavy atom. The number of benzene rings is 2. The number of tetrazole rings is 1. The number of hydrogen-bond acceptors (Lipinski definition) is 7. The molecular weight excluding hydrogens is 362 g/mol. The molecule has 2 aromatic carbocycles. The SMILES string of the molecule is CCOc1ccc(C(=O)NCC(=O)OCc2nnnn2-c2ccccc2)cc1. The fourth-order valence-electron chi connectivity index (χ4n) is 2.39. The first kappa shape index (κ1) is 19.0. The molecule has 0 aliphatic carbocycles. The molecule has 3 aromatic rings. The van der Waals surface area contributed by atoms with E-state index in [2.05, 4.69) is 20.8 Å². The molecule has 3 rings (SSSR count). The minimum Gasteiger partial charge on any atom is -0.494 e. The van der Waals surface area contributed by atoms with Crippen molar-refractivity contribution in [2.45, 2.75) is 13.5 Å². The van der Waals surface area contributed by atoms with Crippen LogP contribution >= 0.6 is 0 Å². The summed E-state index contributed by atoms with van der Waals surface area (Å²) in [6.07, 6.45) is 0. The topological polar surface area (TPSA) is 108 Å². The van der Waals surface area contributed by atoms with Gasteiger partial charge in [0.2, 0.25) is 0 Å². The van der Waals surface area contributed by atoms with Crippen LogP contribution in [0.1, 0.15) is 23.1 Å². The number of carbonyl (C=O) groups excluding carboxylic acids is 2. The quantitative estimate of drug-likeness (QED) is 0.590. The normalized spacial score (nSPS) is 10.3. The smallest absolute Gasteiger partial charge is 0.325 e. The Bertz CT molecular complexity index is 925. The Balaban J connectivity index is 1.49. The number of esters is 1. The second-order valence-electron chi connectivity index (χ2n) is 5.64. The van der Waals surface area contributed by atoms with Crippen LogP contribution in [0.25, 0.3) is 5.69 Å². The van der Waals surface area contributed by atoms with Crippen molar-refractivity contribution in [1.82, 2.24) is 25.5 Å². The van der Waals surface area contributed by atoms with E-state index in [0.29, 0.717) is 23.7 Å². The van der Waals surface area contributed by atoms with E-state index in [1.807, 2.05) is 37.3 Å². The molecule has 0 unspecified atom stereocenters. The minimum atomic E-state index is -0.595. The zero-order valence-corrected chi connectivity index (χ0v) is 15.2. The number of para-hydroxylation sites is 1. The maximum absolute atomic E-state index is 12.1. The van der Waals surface area contributed by atoms with Gasteiger partial charge < -0.3 is 14.8 Å². The van der Waals surface area contributed by atoms with E-state index >= 15 is 0 Å². The van der Waals surface area contributed by atoms with Crippen LogP contribution in [0.3, 0.4) is 0 Å². The van der Waals surface area contributed by atoms with Crippen molar-refractivity contribution in [1.29, 1.82) is 0 Å². The lowest BCUT2D eigenvalue weighted by Gasteiger charge is -2.08. The van der Waals surface area contributed by atoms with Gasteiger partial charge in [0.15, 0.2) is 12.4 Å². The molecule has 144 valence electrons. The van der Waals surface area contributed by atoms with Crippen molar-refractivity contribution in [3.63, 3.8) is 0 Å². The summed E-state index contributed by atoms with van der Waals surface area (Å²) in [6.45, 7) is 2.05. The summed E-state index contributed by atoms with van der Waals surface area (Å²) >= 11 is 0. The maximum Gasteiger partial charge on any atom is 0.325 e.